The molecule has 0 aliphatic heterocycles. The second-order valence-electron chi connectivity index (χ2n) is 4.83. The SMILES string of the molecule is CC(=O)c1ccccc1.CCC1CCCCC1. The molecule has 0 spiro atoms. The minimum Gasteiger partial charge on any atom is -0.295 e. The number of rotatable bonds is 2. The summed E-state index contributed by atoms with van der Waals surface area (Å²) in [6.07, 6.45) is 8.93. The lowest BCUT2D eigenvalue weighted by Gasteiger charge is -2.18. The largest absolute Gasteiger partial charge is 0.295 e. The smallest absolute Gasteiger partial charge is 0.159 e. The average Bonchev–Trinajstić information content (AvgIpc) is 2.41. The van der Waals surface area contributed by atoms with Crippen molar-refractivity contribution in [1.29, 1.82) is 0 Å². The first kappa shape index (κ1) is 14.0. The minimum absolute atomic E-state index is 0.121. The van der Waals surface area contributed by atoms with Crippen molar-refractivity contribution in [1.82, 2.24) is 0 Å². The van der Waals surface area contributed by atoms with E-state index in [1.807, 2.05) is 30.3 Å². The van der Waals surface area contributed by atoms with Crippen molar-refractivity contribution in [2.24, 2.45) is 5.92 Å². The molecule has 0 aromatic heterocycles. The van der Waals surface area contributed by atoms with Gasteiger partial charge in [0.1, 0.15) is 0 Å². The molecule has 0 heterocycles. The number of carbonyl (C=O) groups excluding carboxylic acids is 1. The Labute approximate surface area is 105 Å². The Morgan fingerprint density at radius 1 is 1.12 bits per heavy atom. The quantitative estimate of drug-likeness (QED) is 0.665. The van der Waals surface area contributed by atoms with Gasteiger partial charge in [-0.1, -0.05) is 75.8 Å². The van der Waals surface area contributed by atoms with Crippen molar-refractivity contribution in [3.63, 3.8) is 0 Å². The van der Waals surface area contributed by atoms with Gasteiger partial charge in [0.05, 0.1) is 0 Å². The predicted octanol–water partition coefficient (Wildman–Crippen LogP) is 4.87. The predicted molar refractivity (Wildman–Crippen MR) is 73.3 cm³/mol. The van der Waals surface area contributed by atoms with Gasteiger partial charge in [0.2, 0.25) is 0 Å². The summed E-state index contributed by atoms with van der Waals surface area (Å²) in [5.74, 6) is 1.21. The van der Waals surface area contributed by atoms with Gasteiger partial charge < -0.3 is 0 Å². The van der Waals surface area contributed by atoms with Crippen molar-refractivity contribution in [2.75, 3.05) is 0 Å². The van der Waals surface area contributed by atoms with Crippen LogP contribution in [0.25, 0.3) is 0 Å². The molecular formula is C16H24O. The van der Waals surface area contributed by atoms with E-state index in [9.17, 15) is 4.79 Å². The van der Waals surface area contributed by atoms with Crippen LogP contribution in [0, 0.1) is 5.92 Å². The second kappa shape index (κ2) is 8.05. The zero-order valence-corrected chi connectivity index (χ0v) is 11.1. The molecular weight excluding hydrogens is 208 g/mol. The molecule has 1 aliphatic rings. The molecule has 2 rings (SSSR count). The minimum atomic E-state index is 0.121. The highest BCUT2D eigenvalue weighted by Gasteiger charge is 2.09. The van der Waals surface area contributed by atoms with Gasteiger partial charge in [-0.2, -0.15) is 0 Å². The third-order valence-electron chi connectivity index (χ3n) is 3.48. The van der Waals surface area contributed by atoms with Crippen LogP contribution in [-0.2, 0) is 0 Å². The monoisotopic (exact) mass is 232 g/mol. The second-order valence-corrected chi connectivity index (χ2v) is 4.83. The van der Waals surface area contributed by atoms with E-state index in [0.29, 0.717) is 0 Å². The Morgan fingerprint density at radius 2 is 1.71 bits per heavy atom. The fourth-order valence-electron chi connectivity index (χ4n) is 2.27. The highest BCUT2D eigenvalue weighted by Crippen LogP contribution is 2.25. The Balaban J connectivity index is 0.000000171. The molecule has 17 heavy (non-hydrogen) atoms. The number of hydrogen-bond donors (Lipinski definition) is 0. The molecule has 1 nitrogen and oxygen atoms in total. The van der Waals surface area contributed by atoms with Gasteiger partial charge in [-0.15, -0.1) is 0 Å². The summed E-state index contributed by atoms with van der Waals surface area (Å²) >= 11 is 0. The zero-order valence-electron chi connectivity index (χ0n) is 11.1. The van der Waals surface area contributed by atoms with Crippen molar-refractivity contribution in [3.05, 3.63) is 35.9 Å². The summed E-state index contributed by atoms with van der Waals surface area (Å²) < 4.78 is 0. The topological polar surface area (TPSA) is 17.1 Å². The maximum Gasteiger partial charge on any atom is 0.159 e. The summed E-state index contributed by atoms with van der Waals surface area (Å²) in [6, 6.07) is 9.23. The van der Waals surface area contributed by atoms with Crippen LogP contribution < -0.4 is 0 Å². The molecule has 1 fully saturated rings. The lowest BCUT2D eigenvalue weighted by molar-refractivity contribution is 0.101. The van der Waals surface area contributed by atoms with Gasteiger partial charge in [0.15, 0.2) is 5.78 Å². The van der Waals surface area contributed by atoms with Gasteiger partial charge >= 0.3 is 0 Å². The number of benzene rings is 1. The molecule has 1 aliphatic carbocycles. The van der Waals surface area contributed by atoms with Crippen LogP contribution in [0.5, 0.6) is 0 Å². The van der Waals surface area contributed by atoms with E-state index in [-0.39, 0.29) is 5.78 Å². The van der Waals surface area contributed by atoms with E-state index in [2.05, 4.69) is 6.92 Å². The van der Waals surface area contributed by atoms with Crippen LogP contribution in [-0.4, -0.2) is 5.78 Å². The van der Waals surface area contributed by atoms with Gasteiger partial charge in [-0.3, -0.25) is 4.79 Å². The van der Waals surface area contributed by atoms with Crippen LogP contribution in [0.4, 0.5) is 0 Å². The van der Waals surface area contributed by atoms with Crippen molar-refractivity contribution < 1.29 is 4.79 Å². The van der Waals surface area contributed by atoms with Gasteiger partial charge in [0, 0.05) is 5.56 Å². The van der Waals surface area contributed by atoms with E-state index in [1.54, 1.807) is 6.92 Å². The van der Waals surface area contributed by atoms with E-state index in [1.165, 1.54) is 38.5 Å². The first-order chi connectivity index (χ1) is 8.24. The molecule has 1 saturated carbocycles. The molecule has 0 N–H and O–H groups in total. The van der Waals surface area contributed by atoms with Crippen LogP contribution in [0.2, 0.25) is 0 Å². The molecule has 1 heteroatoms. The Morgan fingerprint density at radius 3 is 2.06 bits per heavy atom. The summed E-state index contributed by atoms with van der Waals surface area (Å²) in [6.45, 7) is 3.88. The highest BCUT2D eigenvalue weighted by atomic mass is 16.1. The molecule has 0 atom stereocenters. The summed E-state index contributed by atoms with van der Waals surface area (Å²) in [4.78, 5) is 10.6. The Kier molecular flexibility index (Phi) is 6.61. The first-order valence-electron chi connectivity index (χ1n) is 6.80. The zero-order chi connectivity index (χ0) is 12.5. The van der Waals surface area contributed by atoms with Crippen molar-refractivity contribution in [3.8, 4) is 0 Å². The number of Topliss-reactive ketones (excluding diaryl/α,β-unsaturated/α-hetero) is 1. The molecule has 1 aromatic carbocycles. The Hall–Kier alpha value is -1.11. The van der Waals surface area contributed by atoms with Gasteiger partial charge in [0.25, 0.3) is 0 Å². The maximum absolute atomic E-state index is 10.6. The third kappa shape index (κ3) is 5.67. The molecule has 0 unspecified atom stereocenters. The van der Waals surface area contributed by atoms with Crippen molar-refractivity contribution >= 4 is 5.78 Å². The molecule has 1 aromatic rings. The first-order valence-corrected chi connectivity index (χ1v) is 6.80. The van der Waals surface area contributed by atoms with Gasteiger partial charge in [-0.25, -0.2) is 0 Å². The number of hydrogen-bond acceptors (Lipinski definition) is 1. The van der Waals surface area contributed by atoms with Crippen LogP contribution >= 0.6 is 0 Å². The maximum atomic E-state index is 10.6. The van der Waals surface area contributed by atoms with Gasteiger partial charge in [-0.05, 0) is 12.8 Å². The molecule has 0 bridgehead atoms. The lowest BCUT2D eigenvalue weighted by Crippen LogP contribution is -2.03. The molecule has 0 saturated heterocycles. The van der Waals surface area contributed by atoms with Crippen LogP contribution in [0.1, 0.15) is 62.7 Å². The number of ketones is 1. The fraction of sp³-hybridized carbons (Fsp3) is 0.562. The van der Waals surface area contributed by atoms with E-state index < -0.39 is 0 Å². The fourth-order valence-corrected chi connectivity index (χ4v) is 2.27. The normalized spacial score (nSPS) is 15.9. The van der Waals surface area contributed by atoms with E-state index >= 15 is 0 Å². The molecule has 94 valence electrons. The summed E-state index contributed by atoms with van der Waals surface area (Å²) in [5, 5.41) is 0. The van der Waals surface area contributed by atoms with Crippen LogP contribution in [0.3, 0.4) is 0 Å². The van der Waals surface area contributed by atoms with Crippen LogP contribution in [0.15, 0.2) is 30.3 Å². The molecule has 0 radical (unpaired) electrons. The third-order valence-corrected chi connectivity index (χ3v) is 3.48. The Bertz CT molecular complexity index is 310. The standard InChI is InChI=1S/C8H8O.C8H16/c1-7(9)8-5-3-2-4-6-8;1-2-8-6-4-3-5-7-8/h2-6H,1H3;8H,2-7H2,1H3. The average molecular weight is 232 g/mol. The summed E-state index contributed by atoms with van der Waals surface area (Å²) in [7, 11) is 0. The number of carbonyl (C=O) groups is 1. The van der Waals surface area contributed by atoms with E-state index in [4.69, 9.17) is 0 Å². The molecule has 0 amide bonds. The van der Waals surface area contributed by atoms with Crippen molar-refractivity contribution in [2.45, 2.75) is 52.4 Å². The lowest BCUT2D eigenvalue weighted by atomic mass is 9.88. The van der Waals surface area contributed by atoms with E-state index in [0.717, 1.165) is 11.5 Å². The summed E-state index contributed by atoms with van der Waals surface area (Å²) in [5.41, 5.74) is 0.775. The highest BCUT2D eigenvalue weighted by molar-refractivity contribution is 5.93.